The highest BCUT2D eigenvalue weighted by Gasteiger charge is 2.64. The minimum atomic E-state index is -2.34. The Hall–Kier alpha value is -1.45. The number of ether oxygens (including phenoxy) is 6. The second-order valence-electron chi connectivity index (χ2n) is 23.3. The molecule has 6 rings (SSSR count). The molecule has 0 saturated carbocycles. The van der Waals surface area contributed by atoms with Gasteiger partial charge in [-0.1, -0.05) is 144 Å². The first-order valence-electron chi connectivity index (χ1n) is 25.2. The molecular weight excluding hydrogens is 833 g/mol. The van der Waals surface area contributed by atoms with Crippen molar-refractivity contribution in [2.75, 3.05) is 13.2 Å². The van der Waals surface area contributed by atoms with Crippen LogP contribution in [0.1, 0.15) is 155 Å². The normalized spacial score (nSPS) is 35.0. The molecular formula is C54H90O8Si2. The first-order chi connectivity index (χ1) is 29.9. The summed E-state index contributed by atoms with van der Waals surface area (Å²) in [6.45, 7) is 41.7. The molecule has 1 unspecified atom stereocenters. The number of hydrogen-bond acceptors (Lipinski definition) is 8. The highest BCUT2D eigenvalue weighted by molar-refractivity contribution is 6.78. The van der Waals surface area contributed by atoms with E-state index in [0.717, 1.165) is 24.0 Å². The summed E-state index contributed by atoms with van der Waals surface area (Å²) in [5.41, 5.74) is 2.38. The van der Waals surface area contributed by atoms with E-state index in [-0.39, 0.29) is 42.5 Å². The van der Waals surface area contributed by atoms with Gasteiger partial charge in [-0.05, 0) is 85.4 Å². The first-order valence-corrected chi connectivity index (χ1v) is 29.5. The maximum Gasteiger partial charge on any atom is 0.200 e. The van der Waals surface area contributed by atoms with Gasteiger partial charge in [0, 0.05) is 25.2 Å². The van der Waals surface area contributed by atoms with Gasteiger partial charge < -0.3 is 37.3 Å². The third-order valence-corrected chi connectivity index (χ3v) is 28.9. The fourth-order valence-electron chi connectivity index (χ4n) is 13.6. The Bertz CT molecular complexity index is 1730. The van der Waals surface area contributed by atoms with Crippen LogP contribution in [-0.2, 0) is 50.5 Å². The fourth-order valence-corrected chi connectivity index (χ4v) is 24.8. The van der Waals surface area contributed by atoms with Crippen molar-refractivity contribution < 1.29 is 37.3 Å². The van der Waals surface area contributed by atoms with Crippen LogP contribution in [0.5, 0.6) is 0 Å². The van der Waals surface area contributed by atoms with Gasteiger partial charge in [-0.3, -0.25) is 0 Å². The van der Waals surface area contributed by atoms with Crippen LogP contribution in [0.15, 0.2) is 60.7 Å². The highest BCUT2D eigenvalue weighted by Crippen LogP contribution is 2.55. The molecule has 2 aromatic rings. The minimum Gasteiger partial charge on any atom is -0.413 e. The maximum absolute atomic E-state index is 7.86. The smallest absolute Gasteiger partial charge is 0.200 e. The molecule has 4 aliphatic rings. The lowest BCUT2D eigenvalue weighted by Crippen LogP contribution is -2.70. The van der Waals surface area contributed by atoms with Gasteiger partial charge in [-0.25, -0.2) is 0 Å². The van der Waals surface area contributed by atoms with Crippen LogP contribution in [0.25, 0.3) is 0 Å². The summed E-state index contributed by atoms with van der Waals surface area (Å²) >= 11 is 0. The van der Waals surface area contributed by atoms with Crippen molar-refractivity contribution in [3.63, 3.8) is 0 Å². The van der Waals surface area contributed by atoms with Gasteiger partial charge in [0.05, 0.1) is 74.3 Å². The fraction of sp³-hybridized carbons (Fsp3) is 0.778. The summed E-state index contributed by atoms with van der Waals surface area (Å²) in [5.74, 6) is 0.102. The van der Waals surface area contributed by atoms with Crippen molar-refractivity contribution in [2.45, 2.75) is 249 Å². The van der Waals surface area contributed by atoms with E-state index < -0.39 is 39.0 Å². The summed E-state index contributed by atoms with van der Waals surface area (Å²) in [5, 5.41) is 0. The first kappa shape index (κ1) is 51.9. The minimum absolute atomic E-state index is 0.0856. The van der Waals surface area contributed by atoms with Crippen LogP contribution in [0.3, 0.4) is 0 Å². The third-order valence-electron chi connectivity index (χ3n) is 16.7. The molecule has 4 aliphatic heterocycles. The topological polar surface area (TPSA) is 73.8 Å². The number of rotatable bonds is 18. The van der Waals surface area contributed by atoms with E-state index in [9.17, 15) is 0 Å². The molecule has 0 spiro atoms. The van der Waals surface area contributed by atoms with Gasteiger partial charge >= 0.3 is 0 Å². The van der Waals surface area contributed by atoms with Crippen molar-refractivity contribution in [2.24, 2.45) is 5.92 Å². The van der Waals surface area contributed by atoms with Crippen LogP contribution in [-0.4, -0.2) is 88.9 Å². The van der Waals surface area contributed by atoms with Crippen molar-refractivity contribution >= 4 is 16.6 Å². The Labute approximate surface area is 392 Å². The molecule has 4 fully saturated rings. The van der Waals surface area contributed by atoms with Crippen LogP contribution >= 0.6 is 0 Å². The molecule has 0 N–H and O–H groups in total. The lowest BCUT2D eigenvalue weighted by Gasteiger charge is -2.60. The average Bonchev–Trinajstić information content (AvgIpc) is 3.30. The van der Waals surface area contributed by atoms with Gasteiger partial charge in [0.15, 0.2) is 8.32 Å². The van der Waals surface area contributed by atoms with Crippen molar-refractivity contribution in [1.82, 2.24) is 0 Å². The van der Waals surface area contributed by atoms with E-state index in [1.54, 1.807) is 0 Å². The Kier molecular flexibility index (Phi) is 16.4. The van der Waals surface area contributed by atoms with Crippen LogP contribution < -0.4 is 0 Å². The summed E-state index contributed by atoms with van der Waals surface area (Å²) in [6, 6.07) is 20.8. The lowest BCUT2D eigenvalue weighted by molar-refractivity contribution is -0.317. The molecule has 2 aromatic carbocycles. The van der Waals surface area contributed by atoms with Gasteiger partial charge in [0.2, 0.25) is 8.32 Å². The average molecular weight is 923 g/mol. The molecule has 0 aromatic heterocycles. The van der Waals surface area contributed by atoms with Crippen LogP contribution in [0.2, 0.25) is 33.2 Å². The van der Waals surface area contributed by atoms with Gasteiger partial charge in [0.25, 0.3) is 0 Å². The molecule has 8 nitrogen and oxygen atoms in total. The van der Waals surface area contributed by atoms with Crippen molar-refractivity contribution in [3.05, 3.63) is 71.8 Å². The predicted octanol–water partition coefficient (Wildman–Crippen LogP) is 13.4. The molecule has 10 heteroatoms. The zero-order valence-electron chi connectivity index (χ0n) is 43.2. The van der Waals surface area contributed by atoms with E-state index in [2.05, 4.69) is 166 Å². The lowest BCUT2D eigenvalue weighted by atomic mass is 9.71. The SMILES string of the molecule is CC(C)[Si](OC[C@@]1(C)O[C@]2(C)CC3[C@H](C)O[C@H]4C[C@@H](OCc5ccccc5)[C@](C)(COCc5ccccc5)O[C@]4(C)C[C@@H]3O[C@@H]2C[C@H]1O[Si](C(C)C)(C(C)C)C(C)C)(C(C)C)C(C)C. The molecule has 4 heterocycles. The zero-order chi connectivity index (χ0) is 47.0. The molecule has 4 saturated heterocycles. The Balaban J connectivity index is 1.31. The zero-order valence-corrected chi connectivity index (χ0v) is 45.2. The maximum atomic E-state index is 7.86. The van der Waals surface area contributed by atoms with Crippen molar-refractivity contribution in [3.8, 4) is 0 Å². The molecule has 0 aliphatic carbocycles. The van der Waals surface area contributed by atoms with Crippen molar-refractivity contribution in [1.29, 1.82) is 0 Å². The molecule has 64 heavy (non-hydrogen) atoms. The van der Waals surface area contributed by atoms with Gasteiger partial charge in [0.1, 0.15) is 11.2 Å². The Morgan fingerprint density at radius 3 is 1.53 bits per heavy atom. The largest absolute Gasteiger partial charge is 0.413 e. The quantitative estimate of drug-likeness (QED) is 0.137. The summed E-state index contributed by atoms with van der Waals surface area (Å²) in [6.07, 6.45) is 2.03. The molecule has 362 valence electrons. The predicted molar refractivity (Wildman–Crippen MR) is 265 cm³/mol. The van der Waals surface area contributed by atoms with E-state index in [4.69, 9.17) is 37.3 Å². The molecule has 0 bridgehead atoms. The van der Waals surface area contributed by atoms with E-state index in [0.29, 0.717) is 72.5 Å². The number of benzene rings is 2. The van der Waals surface area contributed by atoms with E-state index >= 15 is 0 Å². The Morgan fingerprint density at radius 1 is 0.562 bits per heavy atom. The van der Waals surface area contributed by atoms with Crippen LogP contribution in [0, 0.1) is 5.92 Å². The monoisotopic (exact) mass is 923 g/mol. The van der Waals surface area contributed by atoms with Crippen LogP contribution in [0.4, 0.5) is 0 Å². The molecule has 0 amide bonds. The van der Waals surface area contributed by atoms with Gasteiger partial charge in [-0.2, -0.15) is 0 Å². The second kappa shape index (κ2) is 20.3. The number of fused-ring (bicyclic) bond motifs is 3. The van der Waals surface area contributed by atoms with E-state index in [1.807, 2.05) is 12.1 Å². The molecule has 0 radical (unpaired) electrons. The summed E-state index contributed by atoms with van der Waals surface area (Å²) in [4.78, 5) is 0. The summed E-state index contributed by atoms with van der Waals surface area (Å²) < 4.78 is 58.6. The number of hydrogen-bond donors (Lipinski definition) is 0. The molecule has 11 atom stereocenters. The second-order valence-corrected chi connectivity index (χ2v) is 34.2. The standard InChI is InChI=1S/C54H90O8Si2/c1-36(2)63(37(3)4,38(5)6)57-35-54(17)50(60-64(39(7)8,40(9)10)41(11)12)29-49-51(14,61-54)30-45-42(13)58-48-28-47(56-33-44-26-22-19-23-27-44)53(16,62-52(48,15)31-46(45)59-49)34-55-32-43-24-20-18-21-25-43/h18-27,36-42,45-50H,28-35H2,1-17H3/t42-,45?,46-,47+,48-,49+,50+,51+,52+,53-,54+/m0/s1. The van der Waals surface area contributed by atoms with Gasteiger partial charge in [-0.15, -0.1) is 0 Å². The van der Waals surface area contributed by atoms with E-state index in [1.165, 1.54) is 0 Å². The third kappa shape index (κ3) is 10.3. The summed E-state index contributed by atoms with van der Waals surface area (Å²) in [7, 11) is -4.57. The Morgan fingerprint density at radius 2 is 1.02 bits per heavy atom. The highest BCUT2D eigenvalue weighted by atomic mass is 28.4.